The van der Waals surface area contributed by atoms with Crippen LogP contribution in [0.4, 0.5) is 16.2 Å². The van der Waals surface area contributed by atoms with Gasteiger partial charge in [-0.2, -0.15) is 0 Å². The second-order valence-corrected chi connectivity index (χ2v) is 23.3. The van der Waals surface area contributed by atoms with Crippen molar-refractivity contribution in [3.63, 3.8) is 0 Å². The number of rotatable bonds is 7. The number of hydrogen-bond acceptors (Lipinski definition) is 9. The van der Waals surface area contributed by atoms with E-state index in [2.05, 4.69) is 31.9 Å². The number of aliphatic hydroxyl groups excluding tert-OH is 2. The number of aryl methyl sites for hydroxylation is 1. The van der Waals surface area contributed by atoms with Crippen LogP contribution in [0.5, 0.6) is 0 Å². The molecule has 13 heteroatoms. The summed E-state index contributed by atoms with van der Waals surface area (Å²) in [5, 5.41) is 27.0. The highest BCUT2D eigenvalue weighted by molar-refractivity contribution is 6.90. The Morgan fingerprint density at radius 2 is 1.31 bits per heavy atom. The molecule has 0 bridgehead atoms. The number of fused-ring (bicyclic) bond motifs is 8. The van der Waals surface area contributed by atoms with Crippen molar-refractivity contribution in [1.29, 1.82) is 0 Å². The average molecular weight is 843 g/mol. The highest BCUT2D eigenvalue weighted by Gasteiger charge is 2.33. The lowest BCUT2D eigenvalue weighted by molar-refractivity contribution is 0.0636. The van der Waals surface area contributed by atoms with Crippen molar-refractivity contribution in [3.05, 3.63) is 108 Å². The third kappa shape index (κ3) is 7.90. The summed E-state index contributed by atoms with van der Waals surface area (Å²) in [4.78, 5) is 48.4. The molecule has 2 atom stereocenters. The van der Waals surface area contributed by atoms with E-state index in [9.17, 15) is 24.6 Å². The highest BCUT2D eigenvalue weighted by atomic mass is 28.3. The number of benzene rings is 2. The number of nitrogens with zero attached hydrogens (tertiary/aromatic N) is 4. The summed E-state index contributed by atoms with van der Waals surface area (Å²) in [7, 11) is -1.92. The van der Waals surface area contributed by atoms with E-state index < -0.39 is 32.0 Å². The Bertz CT molecular complexity index is 2890. The van der Waals surface area contributed by atoms with Crippen LogP contribution < -0.4 is 27.4 Å². The fraction of sp³-hybridized carbons (Fsp3) is 0.396. The molecule has 6 heterocycles. The second kappa shape index (κ2) is 16.0. The van der Waals surface area contributed by atoms with Gasteiger partial charge >= 0.3 is 6.09 Å². The Kier molecular flexibility index (Phi) is 11.4. The number of nitrogens with one attached hydrogen (secondary N) is 1. The number of aromatic nitrogens is 4. The molecule has 0 saturated carbocycles. The number of nitrogens with two attached hydrogens (primary N) is 1. The normalized spacial score (nSPS) is 13.9. The van der Waals surface area contributed by atoms with Crippen LogP contribution in [0.15, 0.2) is 58.1 Å². The van der Waals surface area contributed by atoms with Gasteiger partial charge in [0.25, 0.3) is 11.1 Å². The monoisotopic (exact) mass is 842 g/mol. The Morgan fingerprint density at radius 1 is 0.803 bits per heavy atom. The van der Waals surface area contributed by atoms with Crippen LogP contribution in [-0.4, -0.2) is 49.1 Å². The number of ether oxygens (including phenoxy) is 1. The van der Waals surface area contributed by atoms with Crippen LogP contribution in [0, 0.1) is 13.8 Å². The number of pyridine rings is 4. The van der Waals surface area contributed by atoms with Gasteiger partial charge in [0.1, 0.15) is 5.60 Å². The molecule has 0 aliphatic carbocycles. The number of carbonyl (C=O) groups is 1. The van der Waals surface area contributed by atoms with E-state index in [4.69, 9.17) is 20.4 Å². The quantitative estimate of drug-likeness (QED) is 0.0908. The van der Waals surface area contributed by atoms with Gasteiger partial charge in [-0.1, -0.05) is 40.4 Å². The molecule has 6 aromatic rings. The van der Waals surface area contributed by atoms with E-state index >= 15 is 0 Å². The fourth-order valence-corrected chi connectivity index (χ4v) is 11.0. The largest absolute Gasteiger partial charge is 0.444 e. The lowest BCUT2D eigenvalue weighted by Crippen LogP contribution is -2.41. The molecular formula is C48H58N6O6Si. The first-order valence-corrected chi connectivity index (χ1v) is 24.7. The summed E-state index contributed by atoms with van der Waals surface area (Å²) in [5.41, 5.74) is 17.4. The van der Waals surface area contributed by atoms with Crippen molar-refractivity contribution in [3.8, 4) is 22.8 Å². The van der Waals surface area contributed by atoms with Crippen LogP contribution >= 0.6 is 0 Å². The Hall–Kier alpha value is -5.63. The van der Waals surface area contributed by atoms with Crippen LogP contribution in [0.2, 0.25) is 19.6 Å². The van der Waals surface area contributed by atoms with Gasteiger partial charge in [0, 0.05) is 38.8 Å². The molecule has 2 aromatic carbocycles. The molecule has 8 rings (SSSR count). The predicted octanol–water partition coefficient (Wildman–Crippen LogP) is 8.39. The summed E-state index contributed by atoms with van der Waals surface area (Å²) in [6.07, 6.45) is 0.129. The van der Waals surface area contributed by atoms with Crippen LogP contribution in [0.1, 0.15) is 106 Å². The van der Waals surface area contributed by atoms with E-state index in [-0.39, 0.29) is 11.1 Å². The van der Waals surface area contributed by atoms with Gasteiger partial charge in [0.15, 0.2) is 0 Å². The minimum absolute atomic E-state index is 0.0476. The summed E-state index contributed by atoms with van der Waals surface area (Å²) in [5.74, 6) is 0. The third-order valence-electron chi connectivity index (χ3n) is 11.8. The fourth-order valence-electron chi connectivity index (χ4n) is 8.89. The number of nitrogen functional groups attached to an aromatic ring is 1. The lowest BCUT2D eigenvalue weighted by Gasteiger charge is -2.23. The minimum Gasteiger partial charge on any atom is -0.444 e. The number of hydrogen-bond donors (Lipinski definition) is 4. The van der Waals surface area contributed by atoms with Crippen molar-refractivity contribution in [2.45, 2.75) is 125 Å². The van der Waals surface area contributed by atoms with E-state index in [1.54, 1.807) is 23.0 Å². The number of carbonyl (C=O) groups excluding carboxylic acids is 1. The van der Waals surface area contributed by atoms with Crippen LogP contribution in [0.3, 0.4) is 0 Å². The molecule has 0 spiro atoms. The zero-order valence-corrected chi connectivity index (χ0v) is 38.2. The number of aliphatic hydroxyl groups is 2. The van der Waals surface area contributed by atoms with Gasteiger partial charge in [-0.25, -0.2) is 14.8 Å². The Labute approximate surface area is 357 Å². The summed E-state index contributed by atoms with van der Waals surface area (Å²) in [6, 6.07) is 15.3. The SMILES string of the molecule is CCC(O)c1cc2n(c(=O)c1C)Cc1c-2nc2ccc(NC(=O)OC(C)(C)C)cc2c1[Si](C)(C)C.CCc1c2c(nc3ccc(N)cc13)-c1cc(C(O)CC)c(C)c(=O)n1C2. The maximum atomic E-state index is 13.3. The zero-order chi connectivity index (χ0) is 44.5. The van der Waals surface area contributed by atoms with E-state index in [1.807, 2.05) is 83.1 Å². The molecule has 1 amide bonds. The smallest absolute Gasteiger partial charge is 0.412 e. The van der Waals surface area contributed by atoms with Gasteiger partial charge in [0.2, 0.25) is 0 Å². The molecule has 2 unspecified atom stereocenters. The predicted molar refractivity (Wildman–Crippen MR) is 248 cm³/mol. The Morgan fingerprint density at radius 3 is 1.82 bits per heavy atom. The van der Waals surface area contributed by atoms with Crippen LogP contribution in [0.25, 0.3) is 44.6 Å². The van der Waals surface area contributed by atoms with Gasteiger partial charge in [0.05, 0.1) is 67.2 Å². The van der Waals surface area contributed by atoms with Crippen molar-refractivity contribution in [1.82, 2.24) is 19.1 Å². The van der Waals surface area contributed by atoms with Gasteiger partial charge < -0.3 is 29.8 Å². The average Bonchev–Trinajstić information content (AvgIpc) is 3.75. The first kappa shape index (κ1) is 43.5. The molecule has 0 fully saturated rings. The molecule has 0 radical (unpaired) electrons. The molecule has 2 aliphatic rings. The van der Waals surface area contributed by atoms with Gasteiger partial charge in [-0.05, 0) is 130 Å². The van der Waals surface area contributed by atoms with Gasteiger partial charge in [-0.3, -0.25) is 14.9 Å². The summed E-state index contributed by atoms with van der Waals surface area (Å²) < 4.78 is 8.97. The van der Waals surface area contributed by atoms with Crippen molar-refractivity contribution < 1.29 is 19.7 Å². The molecule has 0 saturated heterocycles. The molecule has 2 aliphatic heterocycles. The minimum atomic E-state index is -1.92. The van der Waals surface area contributed by atoms with Crippen molar-refractivity contribution in [2.75, 3.05) is 11.1 Å². The molecular weight excluding hydrogens is 785 g/mol. The van der Waals surface area contributed by atoms with Crippen LogP contribution in [-0.2, 0) is 24.2 Å². The molecule has 12 nitrogen and oxygen atoms in total. The first-order chi connectivity index (χ1) is 28.7. The maximum Gasteiger partial charge on any atom is 0.412 e. The molecule has 320 valence electrons. The topological polar surface area (TPSA) is 175 Å². The van der Waals surface area contributed by atoms with Crippen molar-refractivity contribution >= 4 is 52.5 Å². The van der Waals surface area contributed by atoms with Gasteiger partial charge in [-0.15, -0.1) is 0 Å². The van der Waals surface area contributed by atoms with E-state index in [0.29, 0.717) is 59.6 Å². The highest BCUT2D eigenvalue weighted by Crippen LogP contribution is 2.38. The standard InChI is InChI=1S/C27H35N3O4Si.C21H23N3O2/c1-9-22(31)17-13-21-23-19(14-30(21)25(32)15(17)2)24(35(6,7)8)18-12-16(10-11-20(18)29-23)28-26(33)34-27(3,4)5;1-4-13-15-8-12(22)6-7-17(15)23-20-16(13)10-24-18(20)9-14(19(25)5-2)11(3)21(24)26/h10-13,22,31H,9,14H2,1-8H3,(H,28,33);6-9,19,25H,4-5,10,22H2,1-3H3. The first-order valence-electron chi connectivity index (χ1n) is 21.2. The summed E-state index contributed by atoms with van der Waals surface area (Å²) >= 11 is 0. The second-order valence-electron chi connectivity index (χ2n) is 18.3. The van der Waals surface area contributed by atoms with Crippen molar-refractivity contribution in [2.24, 2.45) is 0 Å². The lowest BCUT2D eigenvalue weighted by atomic mass is 9.97. The molecule has 61 heavy (non-hydrogen) atoms. The summed E-state index contributed by atoms with van der Waals surface area (Å²) in [6.45, 7) is 22.8. The molecule has 4 aromatic heterocycles. The molecule has 5 N–H and O–H groups in total. The zero-order valence-electron chi connectivity index (χ0n) is 37.2. The third-order valence-corrected chi connectivity index (χ3v) is 13.9. The number of anilines is 2. The maximum absolute atomic E-state index is 13.3. The number of amides is 1. The van der Waals surface area contributed by atoms with E-state index in [0.717, 1.165) is 62.1 Å². The Balaban J connectivity index is 0.000000192. The van der Waals surface area contributed by atoms with E-state index in [1.165, 1.54) is 10.8 Å².